The van der Waals surface area contributed by atoms with E-state index in [1.165, 1.54) is 18.2 Å². The van der Waals surface area contributed by atoms with Gasteiger partial charge in [-0.05, 0) is 58.2 Å². The van der Waals surface area contributed by atoms with E-state index in [1.807, 2.05) is 6.92 Å². The summed E-state index contributed by atoms with van der Waals surface area (Å²) in [5.41, 5.74) is 0.867. The van der Waals surface area contributed by atoms with Crippen LogP contribution in [0.2, 0.25) is 5.02 Å². The van der Waals surface area contributed by atoms with Gasteiger partial charge < -0.3 is 5.11 Å². The molecule has 2 N–H and O–H groups in total. The number of anilines is 1. The number of hydrogen-bond donors (Lipinski definition) is 2. The number of aromatic hydroxyl groups is 1. The third kappa shape index (κ3) is 3.53. The Bertz CT molecular complexity index is 827. The van der Waals surface area contributed by atoms with Gasteiger partial charge in [-0.3, -0.25) is 4.72 Å². The van der Waals surface area contributed by atoms with Crippen molar-refractivity contribution < 1.29 is 17.9 Å². The van der Waals surface area contributed by atoms with Gasteiger partial charge in [-0.1, -0.05) is 18.5 Å². The van der Waals surface area contributed by atoms with Crippen LogP contribution in [0.15, 0.2) is 39.7 Å². The first-order chi connectivity index (χ1) is 10.2. The second-order valence-electron chi connectivity index (χ2n) is 4.50. The maximum Gasteiger partial charge on any atom is 0.264 e. The van der Waals surface area contributed by atoms with E-state index >= 15 is 0 Å². The minimum Gasteiger partial charge on any atom is -0.508 e. The van der Waals surface area contributed by atoms with Crippen LogP contribution in [0.4, 0.5) is 10.1 Å². The smallest absolute Gasteiger partial charge is 0.264 e. The molecule has 0 atom stereocenters. The van der Waals surface area contributed by atoms with Gasteiger partial charge in [-0.15, -0.1) is 0 Å². The molecule has 0 bridgehead atoms. The topological polar surface area (TPSA) is 66.4 Å². The highest BCUT2D eigenvalue weighted by atomic mass is 79.9. The average molecular weight is 409 g/mol. The molecule has 0 spiro atoms. The summed E-state index contributed by atoms with van der Waals surface area (Å²) in [5.74, 6) is -0.890. The molecule has 8 heteroatoms. The fourth-order valence-electron chi connectivity index (χ4n) is 1.88. The summed E-state index contributed by atoms with van der Waals surface area (Å²) < 4.78 is 41.2. The van der Waals surface area contributed by atoms with Gasteiger partial charge in [-0.2, -0.15) is 0 Å². The van der Waals surface area contributed by atoms with Gasteiger partial charge in [0.25, 0.3) is 10.0 Å². The van der Waals surface area contributed by atoms with Crippen molar-refractivity contribution in [1.82, 2.24) is 0 Å². The molecule has 2 aromatic rings. The van der Waals surface area contributed by atoms with Crippen LogP contribution in [0.3, 0.4) is 0 Å². The lowest BCUT2D eigenvalue weighted by Crippen LogP contribution is -2.15. The predicted molar refractivity (Wildman–Crippen MR) is 87.4 cm³/mol. The fourth-order valence-corrected chi connectivity index (χ4v) is 3.61. The van der Waals surface area contributed by atoms with E-state index in [2.05, 4.69) is 20.7 Å². The third-order valence-electron chi connectivity index (χ3n) is 2.98. The highest BCUT2D eigenvalue weighted by molar-refractivity contribution is 9.10. The van der Waals surface area contributed by atoms with E-state index in [-0.39, 0.29) is 20.9 Å². The van der Waals surface area contributed by atoms with Gasteiger partial charge in [-0.25, -0.2) is 12.8 Å². The minimum atomic E-state index is -4.14. The molecule has 2 rings (SSSR count). The van der Waals surface area contributed by atoms with Crippen molar-refractivity contribution in [1.29, 1.82) is 0 Å². The summed E-state index contributed by atoms with van der Waals surface area (Å²) in [6, 6.07) is 6.25. The highest BCUT2D eigenvalue weighted by Gasteiger charge is 2.22. The van der Waals surface area contributed by atoms with Crippen LogP contribution in [-0.2, 0) is 16.4 Å². The molecule has 2 aromatic carbocycles. The number of phenolic OH excluding ortho intramolecular Hbond substituents is 1. The Morgan fingerprint density at radius 3 is 2.64 bits per heavy atom. The lowest BCUT2D eigenvalue weighted by molar-refractivity contribution is 0.474. The number of rotatable bonds is 4. The lowest BCUT2D eigenvalue weighted by Gasteiger charge is -2.13. The van der Waals surface area contributed by atoms with Gasteiger partial charge >= 0.3 is 0 Å². The van der Waals surface area contributed by atoms with Gasteiger partial charge in [0, 0.05) is 4.47 Å². The Kier molecular flexibility index (Phi) is 4.99. The summed E-state index contributed by atoms with van der Waals surface area (Å²) in [7, 11) is -4.14. The number of phenols is 1. The number of nitrogens with one attached hydrogen (secondary N) is 1. The molecule has 0 saturated heterocycles. The Balaban J connectivity index is 2.47. The van der Waals surface area contributed by atoms with Gasteiger partial charge in [0.15, 0.2) is 0 Å². The van der Waals surface area contributed by atoms with Crippen LogP contribution < -0.4 is 4.72 Å². The van der Waals surface area contributed by atoms with Gasteiger partial charge in [0.05, 0.1) is 10.7 Å². The molecule has 22 heavy (non-hydrogen) atoms. The van der Waals surface area contributed by atoms with Crippen molar-refractivity contribution >= 4 is 43.2 Å². The van der Waals surface area contributed by atoms with Crippen LogP contribution in [0.25, 0.3) is 0 Å². The molecule has 0 heterocycles. The molecule has 0 saturated carbocycles. The van der Waals surface area contributed by atoms with Crippen LogP contribution in [0.1, 0.15) is 12.5 Å². The van der Waals surface area contributed by atoms with E-state index in [4.69, 9.17) is 11.6 Å². The number of hydrogen-bond acceptors (Lipinski definition) is 3. The predicted octanol–water partition coefficient (Wildman–Crippen LogP) is 4.31. The second-order valence-corrected chi connectivity index (χ2v) is 7.41. The van der Waals surface area contributed by atoms with Crippen molar-refractivity contribution in [3.05, 3.63) is 51.2 Å². The molecule has 0 aliphatic rings. The first-order valence-electron chi connectivity index (χ1n) is 6.24. The van der Waals surface area contributed by atoms with Crippen molar-refractivity contribution in [2.24, 2.45) is 0 Å². The highest BCUT2D eigenvalue weighted by Crippen LogP contribution is 2.30. The Morgan fingerprint density at radius 2 is 2.00 bits per heavy atom. The zero-order chi connectivity index (χ0) is 16.5. The molecule has 118 valence electrons. The molecule has 4 nitrogen and oxygen atoms in total. The van der Waals surface area contributed by atoms with Crippen molar-refractivity contribution in [3.63, 3.8) is 0 Å². The maximum absolute atomic E-state index is 13.9. The molecule has 0 fully saturated rings. The second kappa shape index (κ2) is 6.44. The number of sulfonamides is 1. The van der Waals surface area contributed by atoms with E-state index < -0.39 is 20.7 Å². The summed E-state index contributed by atoms with van der Waals surface area (Å²) >= 11 is 8.86. The number of benzene rings is 2. The van der Waals surface area contributed by atoms with Crippen LogP contribution >= 0.6 is 27.5 Å². The molecule has 0 aromatic heterocycles. The molecular weight excluding hydrogens is 397 g/mol. The first-order valence-corrected chi connectivity index (χ1v) is 8.89. The molecule has 0 aliphatic heterocycles. The number of halogens is 3. The zero-order valence-corrected chi connectivity index (χ0v) is 14.6. The van der Waals surface area contributed by atoms with Crippen LogP contribution in [-0.4, -0.2) is 13.5 Å². The average Bonchev–Trinajstić information content (AvgIpc) is 2.44. The zero-order valence-electron chi connectivity index (χ0n) is 11.4. The van der Waals surface area contributed by atoms with Crippen LogP contribution in [0, 0.1) is 5.82 Å². The van der Waals surface area contributed by atoms with E-state index in [0.717, 1.165) is 12.1 Å². The standard InChI is InChI=1S/C14H12BrClFNO3S/c1-2-8-5-9(19)3-4-13(8)18-22(20,21)14-7-11(16)10(15)6-12(14)17/h3-7,18-19H,2H2,1H3. The Hall–Kier alpha value is -1.31. The molecule has 0 radical (unpaired) electrons. The molecule has 0 unspecified atom stereocenters. The van der Waals surface area contributed by atoms with Gasteiger partial charge in [0.2, 0.25) is 0 Å². The monoisotopic (exact) mass is 407 g/mol. The summed E-state index contributed by atoms with van der Waals surface area (Å²) in [4.78, 5) is -0.546. The Morgan fingerprint density at radius 1 is 1.32 bits per heavy atom. The molecule has 0 amide bonds. The van der Waals surface area contributed by atoms with Crippen molar-refractivity contribution in [3.8, 4) is 5.75 Å². The van der Waals surface area contributed by atoms with E-state index in [0.29, 0.717) is 12.0 Å². The summed E-state index contributed by atoms with van der Waals surface area (Å²) in [6.45, 7) is 1.81. The summed E-state index contributed by atoms with van der Waals surface area (Å²) in [5, 5.41) is 9.52. The lowest BCUT2D eigenvalue weighted by atomic mass is 10.1. The van der Waals surface area contributed by atoms with E-state index in [1.54, 1.807) is 0 Å². The van der Waals surface area contributed by atoms with Crippen molar-refractivity contribution in [2.45, 2.75) is 18.2 Å². The quantitative estimate of drug-likeness (QED) is 0.585. The van der Waals surface area contributed by atoms with Gasteiger partial charge in [0.1, 0.15) is 16.5 Å². The third-order valence-corrected chi connectivity index (χ3v) is 5.56. The first kappa shape index (κ1) is 17.1. The molecular formula is C14H12BrClFNO3S. The Labute approximate surface area is 141 Å². The minimum absolute atomic E-state index is 0.0256. The molecule has 0 aliphatic carbocycles. The number of aryl methyl sites for hydroxylation is 1. The summed E-state index contributed by atoms with van der Waals surface area (Å²) in [6.07, 6.45) is 0.496. The fraction of sp³-hybridized carbons (Fsp3) is 0.143. The maximum atomic E-state index is 13.9. The largest absolute Gasteiger partial charge is 0.508 e. The SMILES string of the molecule is CCc1cc(O)ccc1NS(=O)(=O)c1cc(Cl)c(Br)cc1F. The van der Waals surface area contributed by atoms with E-state index in [9.17, 15) is 17.9 Å². The van der Waals surface area contributed by atoms with Crippen molar-refractivity contribution in [2.75, 3.05) is 4.72 Å². The van der Waals surface area contributed by atoms with Crippen LogP contribution in [0.5, 0.6) is 5.75 Å². The normalized spacial score (nSPS) is 11.5.